The van der Waals surface area contributed by atoms with Crippen molar-refractivity contribution in [3.8, 4) is 17.2 Å². The van der Waals surface area contributed by atoms with Crippen LogP contribution in [0.15, 0.2) is 24.3 Å². The van der Waals surface area contributed by atoms with Crippen molar-refractivity contribution in [3.63, 3.8) is 0 Å². The first kappa shape index (κ1) is 17.7. The number of rotatable bonds is 4. The van der Waals surface area contributed by atoms with Crippen molar-refractivity contribution in [1.82, 2.24) is 4.90 Å². The van der Waals surface area contributed by atoms with Gasteiger partial charge in [-0.2, -0.15) is 0 Å². The minimum atomic E-state index is -1.07. The number of hydrogen-bond donors (Lipinski definition) is 0. The second-order valence-electron chi connectivity index (χ2n) is 5.46. The molecule has 1 aliphatic heterocycles. The average molecular weight is 363 g/mol. The number of carbonyl (C=O) groups is 2. The molecular formula is C18H15F2NO5. The predicted octanol–water partition coefficient (Wildman–Crippen LogP) is 2.79. The molecule has 0 radical (unpaired) electrons. The molecule has 26 heavy (non-hydrogen) atoms. The van der Waals surface area contributed by atoms with Gasteiger partial charge in [-0.15, -0.1) is 0 Å². The molecule has 0 unspecified atom stereocenters. The summed E-state index contributed by atoms with van der Waals surface area (Å²) in [5, 5.41) is 0. The lowest BCUT2D eigenvalue weighted by molar-refractivity contribution is 0.0625. The Hall–Kier alpha value is -3.16. The van der Waals surface area contributed by atoms with Gasteiger partial charge in [-0.05, 0) is 18.2 Å². The third kappa shape index (κ3) is 2.54. The summed E-state index contributed by atoms with van der Waals surface area (Å²) in [5.74, 6) is -3.13. The van der Waals surface area contributed by atoms with Crippen LogP contribution in [0.25, 0.3) is 0 Å². The first-order valence-electron chi connectivity index (χ1n) is 7.56. The lowest BCUT2D eigenvalue weighted by Gasteiger charge is -2.15. The first-order valence-corrected chi connectivity index (χ1v) is 7.56. The molecule has 2 amide bonds. The third-order valence-corrected chi connectivity index (χ3v) is 4.15. The molecule has 2 aromatic carbocycles. The number of imide groups is 1. The van der Waals surface area contributed by atoms with Crippen LogP contribution in [0.3, 0.4) is 0 Å². The number of carbonyl (C=O) groups excluding carboxylic acids is 2. The maximum absolute atomic E-state index is 13.9. The van der Waals surface area contributed by atoms with E-state index in [1.165, 1.54) is 27.4 Å². The zero-order chi connectivity index (χ0) is 19.0. The molecule has 0 N–H and O–H groups in total. The minimum absolute atomic E-state index is 0.143. The van der Waals surface area contributed by atoms with Crippen LogP contribution < -0.4 is 14.2 Å². The van der Waals surface area contributed by atoms with Crippen LogP contribution in [0.5, 0.6) is 17.2 Å². The van der Waals surface area contributed by atoms with Crippen molar-refractivity contribution >= 4 is 11.8 Å². The standard InChI is InChI=1S/C18H15F2NO5/c1-24-13-7-9-10(15(25-2)16(13)26-3)8-21(17(9)22)18(23)14-11(19)5-4-6-12(14)20/h4-7H,8H2,1-3H3. The number of benzene rings is 2. The van der Waals surface area contributed by atoms with Crippen molar-refractivity contribution in [3.05, 3.63) is 52.6 Å². The van der Waals surface area contributed by atoms with Crippen LogP contribution >= 0.6 is 0 Å². The predicted molar refractivity (Wildman–Crippen MR) is 86.7 cm³/mol. The van der Waals surface area contributed by atoms with Crippen LogP contribution in [0.4, 0.5) is 8.78 Å². The Kier molecular flexibility index (Phi) is 4.50. The summed E-state index contributed by atoms with van der Waals surface area (Å²) in [7, 11) is 4.17. The molecular weight excluding hydrogens is 348 g/mol. The highest BCUT2D eigenvalue weighted by Crippen LogP contribution is 2.45. The number of nitrogens with zero attached hydrogens (tertiary/aromatic N) is 1. The summed E-state index contributed by atoms with van der Waals surface area (Å²) < 4.78 is 43.6. The maximum atomic E-state index is 13.9. The SMILES string of the molecule is COc1cc2c(c(OC)c1OC)CN(C(=O)c1c(F)cccc1F)C2=O. The molecule has 0 atom stereocenters. The number of ether oxygens (including phenoxy) is 3. The van der Waals surface area contributed by atoms with Gasteiger partial charge in [0.1, 0.15) is 17.2 Å². The molecule has 0 saturated carbocycles. The Labute approximate surface area is 147 Å². The molecule has 1 aliphatic rings. The van der Waals surface area contributed by atoms with Gasteiger partial charge in [0.15, 0.2) is 11.5 Å². The highest BCUT2D eigenvalue weighted by Gasteiger charge is 2.39. The summed E-state index contributed by atoms with van der Waals surface area (Å²) in [6, 6.07) is 4.46. The number of hydrogen-bond acceptors (Lipinski definition) is 5. The van der Waals surface area contributed by atoms with E-state index < -0.39 is 29.0 Å². The Balaban J connectivity index is 2.09. The van der Waals surface area contributed by atoms with Crippen molar-refractivity contribution in [2.45, 2.75) is 6.54 Å². The van der Waals surface area contributed by atoms with Crippen LogP contribution in [0, 0.1) is 11.6 Å². The lowest BCUT2D eigenvalue weighted by Crippen LogP contribution is -2.32. The number of amides is 2. The van der Waals surface area contributed by atoms with E-state index in [1.54, 1.807) is 0 Å². The van der Waals surface area contributed by atoms with Crippen molar-refractivity contribution in [2.75, 3.05) is 21.3 Å². The largest absolute Gasteiger partial charge is 0.493 e. The van der Waals surface area contributed by atoms with Crippen LogP contribution in [-0.2, 0) is 6.54 Å². The van der Waals surface area contributed by atoms with Gasteiger partial charge >= 0.3 is 0 Å². The fraction of sp³-hybridized carbons (Fsp3) is 0.222. The van der Waals surface area contributed by atoms with Crippen molar-refractivity contribution in [1.29, 1.82) is 0 Å². The number of halogens is 2. The summed E-state index contributed by atoms with van der Waals surface area (Å²) in [5.41, 5.74) is -0.267. The highest BCUT2D eigenvalue weighted by molar-refractivity contribution is 6.13. The van der Waals surface area contributed by atoms with E-state index in [0.29, 0.717) is 5.56 Å². The molecule has 0 aromatic heterocycles. The second-order valence-corrected chi connectivity index (χ2v) is 5.46. The first-order chi connectivity index (χ1) is 12.4. The smallest absolute Gasteiger partial charge is 0.267 e. The van der Waals surface area contributed by atoms with Gasteiger partial charge in [0.05, 0.1) is 33.4 Å². The molecule has 0 saturated heterocycles. The highest BCUT2D eigenvalue weighted by atomic mass is 19.1. The molecule has 8 heteroatoms. The normalized spacial score (nSPS) is 12.8. The van der Waals surface area contributed by atoms with Gasteiger partial charge in [0, 0.05) is 5.56 Å². The van der Waals surface area contributed by atoms with E-state index in [2.05, 4.69) is 0 Å². The quantitative estimate of drug-likeness (QED) is 0.782. The van der Waals surface area contributed by atoms with E-state index in [0.717, 1.165) is 23.1 Å². The van der Waals surface area contributed by atoms with Gasteiger partial charge in [0.25, 0.3) is 11.8 Å². The molecule has 136 valence electrons. The van der Waals surface area contributed by atoms with E-state index in [9.17, 15) is 18.4 Å². The molecule has 0 aliphatic carbocycles. The summed E-state index contributed by atoms with van der Waals surface area (Å²) in [6.07, 6.45) is 0. The Morgan fingerprint density at radius 3 is 2.19 bits per heavy atom. The van der Waals surface area contributed by atoms with Crippen molar-refractivity contribution in [2.24, 2.45) is 0 Å². The second kappa shape index (κ2) is 6.62. The van der Waals surface area contributed by atoms with Gasteiger partial charge in [-0.3, -0.25) is 14.5 Å². The maximum Gasteiger partial charge on any atom is 0.267 e. The van der Waals surface area contributed by atoms with Crippen molar-refractivity contribution < 1.29 is 32.6 Å². The lowest BCUT2D eigenvalue weighted by atomic mass is 10.1. The topological polar surface area (TPSA) is 65.1 Å². The van der Waals surface area contributed by atoms with Crippen LogP contribution in [0.1, 0.15) is 26.3 Å². The van der Waals surface area contributed by atoms with Crippen LogP contribution in [0.2, 0.25) is 0 Å². The molecule has 0 fully saturated rings. The zero-order valence-electron chi connectivity index (χ0n) is 14.3. The van der Waals surface area contributed by atoms with Gasteiger partial charge in [-0.1, -0.05) is 6.07 Å². The van der Waals surface area contributed by atoms with E-state index in [4.69, 9.17) is 14.2 Å². The van der Waals surface area contributed by atoms with E-state index in [-0.39, 0.29) is 29.4 Å². The molecule has 0 spiro atoms. The molecule has 2 aromatic rings. The van der Waals surface area contributed by atoms with E-state index in [1.807, 2.05) is 0 Å². The Bertz CT molecular complexity index is 893. The van der Waals surface area contributed by atoms with Gasteiger partial charge < -0.3 is 14.2 Å². The number of methoxy groups -OCH3 is 3. The molecule has 3 rings (SSSR count). The van der Waals surface area contributed by atoms with Gasteiger partial charge in [0.2, 0.25) is 5.75 Å². The third-order valence-electron chi connectivity index (χ3n) is 4.15. The molecule has 0 bridgehead atoms. The Morgan fingerprint density at radius 2 is 1.65 bits per heavy atom. The fourth-order valence-electron chi connectivity index (χ4n) is 2.94. The summed E-state index contributed by atoms with van der Waals surface area (Å²) in [6.45, 7) is -0.204. The van der Waals surface area contributed by atoms with E-state index >= 15 is 0 Å². The minimum Gasteiger partial charge on any atom is -0.493 e. The number of fused-ring (bicyclic) bond motifs is 1. The van der Waals surface area contributed by atoms with Gasteiger partial charge in [-0.25, -0.2) is 8.78 Å². The monoisotopic (exact) mass is 363 g/mol. The average Bonchev–Trinajstić information content (AvgIpc) is 2.96. The van der Waals surface area contributed by atoms with Crippen LogP contribution in [-0.4, -0.2) is 38.0 Å². The molecule has 6 nitrogen and oxygen atoms in total. The Morgan fingerprint density at radius 1 is 1.04 bits per heavy atom. The summed E-state index contributed by atoms with van der Waals surface area (Å²) in [4.78, 5) is 26.0. The summed E-state index contributed by atoms with van der Waals surface area (Å²) >= 11 is 0. The fourth-order valence-corrected chi connectivity index (χ4v) is 2.94. The zero-order valence-corrected chi connectivity index (χ0v) is 14.3. The molecule has 1 heterocycles.